The Balaban J connectivity index is 0.00000176. The molecule has 22 heavy (non-hydrogen) atoms. The molecule has 0 aromatic heterocycles. The number of rotatable bonds is 6. The highest BCUT2D eigenvalue weighted by atomic mass is 35.5. The predicted molar refractivity (Wildman–Crippen MR) is 92.1 cm³/mol. The van der Waals surface area contributed by atoms with E-state index >= 15 is 0 Å². The molecule has 3 nitrogen and oxygen atoms in total. The van der Waals surface area contributed by atoms with Gasteiger partial charge in [0.25, 0.3) is 0 Å². The Labute approximate surface area is 137 Å². The van der Waals surface area contributed by atoms with Gasteiger partial charge in [0, 0.05) is 12.6 Å². The average molecular weight is 315 g/mol. The van der Waals surface area contributed by atoms with Crippen molar-refractivity contribution in [2.45, 2.75) is 18.7 Å². The maximum absolute atomic E-state index is 5.66. The molecule has 0 bridgehead atoms. The van der Waals surface area contributed by atoms with E-state index in [1.165, 1.54) is 5.56 Å². The molecular weight excluding hydrogens is 296 g/mol. The van der Waals surface area contributed by atoms with Crippen LogP contribution in [0, 0.1) is 0 Å². The number of benzene rings is 2. The summed E-state index contributed by atoms with van der Waals surface area (Å²) in [5.41, 5.74) is 4.95. The van der Waals surface area contributed by atoms with Crippen LogP contribution in [0.1, 0.15) is 11.1 Å². The van der Waals surface area contributed by atoms with E-state index in [-0.39, 0.29) is 12.4 Å². The van der Waals surface area contributed by atoms with E-state index in [0.717, 1.165) is 12.0 Å². The van der Waals surface area contributed by atoms with Gasteiger partial charge in [0.15, 0.2) is 5.66 Å². The van der Waals surface area contributed by atoms with E-state index in [1.807, 2.05) is 66.9 Å². The van der Waals surface area contributed by atoms with Crippen LogP contribution in [0.4, 0.5) is 0 Å². The van der Waals surface area contributed by atoms with Gasteiger partial charge in [-0.1, -0.05) is 60.7 Å². The van der Waals surface area contributed by atoms with Gasteiger partial charge in [-0.2, -0.15) is 5.48 Å². The Morgan fingerprint density at radius 3 is 2.14 bits per heavy atom. The number of halogens is 1. The number of hydroxylamine groups is 1. The zero-order chi connectivity index (χ0) is 14.4. The molecular formula is C18H19ClN2O. The Kier molecular flexibility index (Phi) is 5.90. The molecule has 2 aromatic carbocycles. The summed E-state index contributed by atoms with van der Waals surface area (Å²) >= 11 is 0. The normalized spacial score (nSPS) is 19.1. The van der Waals surface area contributed by atoms with Crippen LogP contribution in [0.15, 0.2) is 77.8 Å². The topological polar surface area (TPSA) is 33.6 Å². The van der Waals surface area contributed by atoms with Crippen LogP contribution in [0.3, 0.4) is 0 Å². The SMILES string of the molecule is C1=CC(Cc2ccccc2)(NOCc2ccccc2)N=C1.Cl. The number of hydrogen-bond acceptors (Lipinski definition) is 3. The quantitative estimate of drug-likeness (QED) is 0.825. The molecule has 1 aliphatic heterocycles. The second-order valence-electron chi connectivity index (χ2n) is 5.10. The number of nitrogens with one attached hydrogen (secondary N) is 1. The van der Waals surface area contributed by atoms with Crippen molar-refractivity contribution in [3.05, 3.63) is 83.9 Å². The minimum Gasteiger partial charge on any atom is -0.294 e. The van der Waals surface area contributed by atoms with Crippen molar-refractivity contribution in [2.75, 3.05) is 0 Å². The van der Waals surface area contributed by atoms with E-state index < -0.39 is 5.66 Å². The Morgan fingerprint density at radius 2 is 1.55 bits per heavy atom. The maximum atomic E-state index is 5.66. The molecule has 0 radical (unpaired) electrons. The zero-order valence-corrected chi connectivity index (χ0v) is 13.0. The van der Waals surface area contributed by atoms with E-state index in [0.29, 0.717) is 6.61 Å². The lowest BCUT2D eigenvalue weighted by Gasteiger charge is -2.25. The Hall–Kier alpha value is -1.94. The molecule has 4 heteroatoms. The summed E-state index contributed by atoms with van der Waals surface area (Å²) in [5.74, 6) is 0. The minimum atomic E-state index is -0.504. The lowest BCUT2D eigenvalue weighted by atomic mass is 10.0. The van der Waals surface area contributed by atoms with Crippen LogP contribution in [0.25, 0.3) is 0 Å². The van der Waals surface area contributed by atoms with Gasteiger partial charge in [-0.15, -0.1) is 12.4 Å². The van der Waals surface area contributed by atoms with Gasteiger partial charge in [0.05, 0.1) is 6.61 Å². The van der Waals surface area contributed by atoms with Crippen LogP contribution in [-0.2, 0) is 17.9 Å². The fraction of sp³-hybridized carbons (Fsp3) is 0.167. The first-order chi connectivity index (χ1) is 10.4. The first kappa shape index (κ1) is 16.4. The minimum absolute atomic E-state index is 0. The summed E-state index contributed by atoms with van der Waals surface area (Å²) in [6.45, 7) is 0.515. The Morgan fingerprint density at radius 1 is 0.909 bits per heavy atom. The third kappa shape index (κ3) is 4.28. The molecule has 3 rings (SSSR count). The third-order valence-corrected chi connectivity index (χ3v) is 3.41. The number of aliphatic imine (C=N–C) groups is 1. The van der Waals surface area contributed by atoms with Gasteiger partial charge in [-0.05, 0) is 23.3 Å². The fourth-order valence-corrected chi connectivity index (χ4v) is 2.35. The third-order valence-electron chi connectivity index (χ3n) is 3.41. The van der Waals surface area contributed by atoms with Crippen molar-refractivity contribution >= 4 is 18.6 Å². The van der Waals surface area contributed by atoms with Gasteiger partial charge in [0.2, 0.25) is 0 Å². The van der Waals surface area contributed by atoms with E-state index in [4.69, 9.17) is 4.84 Å². The van der Waals surface area contributed by atoms with Gasteiger partial charge in [-0.3, -0.25) is 9.83 Å². The van der Waals surface area contributed by atoms with Crippen molar-refractivity contribution in [1.29, 1.82) is 0 Å². The first-order valence-corrected chi connectivity index (χ1v) is 7.06. The average Bonchev–Trinajstić information content (AvgIpc) is 2.98. The smallest absolute Gasteiger partial charge is 0.155 e. The summed E-state index contributed by atoms with van der Waals surface area (Å²) in [4.78, 5) is 10.2. The molecule has 1 N–H and O–H groups in total. The molecule has 0 saturated carbocycles. The lowest BCUT2D eigenvalue weighted by molar-refractivity contribution is -0.0159. The van der Waals surface area contributed by atoms with Crippen molar-refractivity contribution in [3.63, 3.8) is 0 Å². The van der Waals surface area contributed by atoms with Crippen LogP contribution in [0.2, 0.25) is 0 Å². The molecule has 1 heterocycles. The van der Waals surface area contributed by atoms with Crippen molar-refractivity contribution in [1.82, 2.24) is 5.48 Å². The number of allylic oxidation sites excluding steroid dienone is 1. The van der Waals surface area contributed by atoms with Gasteiger partial charge < -0.3 is 0 Å². The second kappa shape index (κ2) is 7.90. The largest absolute Gasteiger partial charge is 0.294 e. The monoisotopic (exact) mass is 314 g/mol. The molecule has 0 aliphatic carbocycles. The maximum Gasteiger partial charge on any atom is 0.155 e. The highest BCUT2D eigenvalue weighted by Gasteiger charge is 2.28. The summed E-state index contributed by atoms with van der Waals surface area (Å²) in [5, 5.41) is 0. The van der Waals surface area contributed by atoms with Crippen molar-refractivity contribution < 1.29 is 4.84 Å². The van der Waals surface area contributed by atoms with Crippen molar-refractivity contribution in [3.8, 4) is 0 Å². The standard InChI is InChI=1S/C18H18N2O.ClH/c1-3-8-16(9-4-1)14-18(12-7-13-19-18)20-21-15-17-10-5-2-6-11-17;/h1-13,20H,14-15H2;1H. The highest BCUT2D eigenvalue weighted by Crippen LogP contribution is 2.20. The summed E-state index contributed by atoms with van der Waals surface area (Å²) < 4.78 is 0. The molecule has 0 spiro atoms. The molecule has 0 saturated heterocycles. The van der Waals surface area contributed by atoms with E-state index in [1.54, 1.807) is 0 Å². The molecule has 0 fully saturated rings. The number of hydrogen-bond donors (Lipinski definition) is 1. The second-order valence-corrected chi connectivity index (χ2v) is 5.10. The van der Waals surface area contributed by atoms with Crippen LogP contribution in [-0.4, -0.2) is 11.9 Å². The highest BCUT2D eigenvalue weighted by molar-refractivity contribution is 5.85. The van der Waals surface area contributed by atoms with Gasteiger partial charge in [-0.25, -0.2) is 0 Å². The zero-order valence-electron chi connectivity index (χ0n) is 12.2. The molecule has 1 aliphatic rings. The number of nitrogens with zero attached hydrogens (tertiary/aromatic N) is 1. The van der Waals surface area contributed by atoms with Gasteiger partial charge >= 0.3 is 0 Å². The first-order valence-electron chi connectivity index (χ1n) is 7.06. The summed E-state index contributed by atoms with van der Waals surface area (Å²) in [7, 11) is 0. The van der Waals surface area contributed by atoms with Crippen LogP contribution < -0.4 is 5.48 Å². The van der Waals surface area contributed by atoms with Crippen molar-refractivity contribution in [2.24, 2.45) is 4.99 Å². The van der Waals surface area contributed by atoms with Crippen LogP contribution >= 0.6 is 12.4 Å². The summed E-state index contributed by atoms with van der Waals surface area (Å²) in [6, 6.07) is 20.4. The van der Waals surface area contributed by atoms with E-state index in [9.17, 15) is 0 Å². The fourth-order valence-electron chi connectivity index (χ4n) is 2.35. The lowest BCUT2D eigenvalue weighted by Crippen LogP contribution is -2.42. The van der Waals surface area contributed by atoms with E-state index in [2.05, 4.69) is 22.6 Å². The molecule has 1 unspecified atom stereocenters. The van der Waals surface area contributed by atoms with Gasteiger partial charge in [0.1, 0.15) is 0 Å². The molecule has 0 amide bonds. The Bertz CT molecular complexity index is 614. The summed E-state index contributed by atoms with van der Waals surface area (Å²) in [6.07, 6.45) is 6.55. The molecule has 2 aromatic rings. The predicted octanol–water partition coefficient (Wildman–Crippen LogP) is 3.71. The molecule has 114 valence electrons. The van der Waals surface area contributed by atoms with Crippen LogP contribution in [0.5, 0.6) is 0 Å². The molecule has 1 atom stereocenters.